The van der Waals surface area contributed by atoms with E-state index in [0.29, 0.717) is 13.0 Å². The van der Waals surface area contributed by atoms with E-state index in [1.807, 2.05) is 25.1 Å². The highest BCUT2D eigenvalue weighted by Crippen LogP contribution is 2.22. The molecule has 21 heavy (non-hydrogen) atoms. The number of likely N-dealkylation sites (tertiary alicyclic amines) is 1. The lowest BCUT2D eigenvalue weighted by Gasteiger charge is -2.25. The normalized spacial score (nSPS) is 19.3. The first-order chi connectivity index (χ1) is 10.1. The van der Waals surface area contributed by atoms with Crippen LogP contribution in [0.5, 0.6) is 0 Å². The molecular formula is C17H23NO3. The average molecular weight is 289 g/mol. The van der Waals surface area contributed by atoms with E-state index in [9.17, 15) is 9.59 Å². The van der Waals surface area contributed by atoms with Crippen molar-refractivity contribution in [1.29, 1.82) is 0 Å². The first-order valence-electron chi connectivity index (χ1n) is 7.55. The summed E-state index contributed by atoms with van der Waals surface area (Å²) in [6, 6.07) is 9.77. The molecule has 1 aliphatic rings. The van der Waals surface area contributed by atoms with Crippen molar-refractivity contribution in [3.63, 3.8) is 0 Å². The van der Waals surface area contributed by atoms with Crippen LogP contribution >= 0.6 is 0 Å². The van der Waals surface area contributed by atoms with E-state index in [2.05, 4.69) is 12.1 Å². The summed E-state index contributed by atoms with van der Waals surface area (Å²) < 4.78 is 4.79. The fourth-order valence-corrected chi connectivity index (χ4v) is 2.85. The highest BCUT2D eigenvalue weighted by atomic mass is 16.5. The van der Waals surface area contributed by atoms with Crippen molar-refractivity contribution in [2.75, 3.05) is 13.7 Å². The van der Waals surface area contributed by atoms with Gasteiger partial charge in [-0.2, -0.15) is 0 Å². The van der Waals surface area contributed by atoms with Gasteiger partial charge in [0, 0.05) is 12.5 Å². The zero-order chi connectivity index (χ0) is 15.2. The topological polar surface area (TPSA) is 46.6 Å². The van der Waals surface area contributed by atoms with Gasteiger partial charge < -0.3 is 9.64 Å². The summed E-state index contributed by atoms with van der Waals surface area (Å²) >= 11 is 0. The van der Waals surface area contributed by atoms with Crippen molar-refractivity contribution in [1.82, 2.24) is 4.90 Å². The van der Waals surface area contributed by atoms with Gasteiger partial charge in [0.2, 0.25) is 5.91 Å². The molecule has 0 aliphatic carbocycles. The summed E-state index contributed by atoms with van der Waals surface area (Å²) in [5.41, 5.74) is 1.24. The number of methoxy groups -OCH3 is 1. The maximum absolute atomic E-state index is 12.5. The number of esters is 1. The molecule has 1 aromatic carbocycles. The third-order valence-electron chi connectivity index (χ3n) is 4.14. The molecule has 0 unspecified atom stereocenters. The van der Waals surface area contributed by atoms with Crippen LogP contribution in [-0.2, 0) is 20.7 Å². The van der Waals surface area contributed by atoms with E-state index >= 15 is 0 Å². The predicted molar refractivity (Wildman–Crippen MR) is 80.7 cm³/mol. The van der Waals surface area contributed by atoms with Crippen LogP contribution in [0, 0.1) is 5.92 Å². The zero-order valence-corrected chi connectivity index (χ0v) is 12.7. The summed E-state index contributed by atoms with van der Waals surface area (Å²) in [5.74, 6) is -0.301. The molecule has 4 nitrogen and oxygen atoms in total. The molecule has 0 bridgehead atoms. The Balaban J connectivity index is 1.91. The van der Waals surface area contributed by atoms with Crippen LogP contribution in [0.1, 0.15) is 31.7 Å². The van der Waals surface area contributed by atoms with E-state index in [-0.39, 0.29) is 23.8 Å². The van der Waals surface area contributed by atoms with Gasteiger partial charge in [-0.05, 0) is 31.2 Å². The summed E-state index contributed by atoms with van der Waals surface area (Å²) in [4.78, 5) is 25.9. The number of rotatable bonds is 5. The molecule has 2 rings (SSSR count). The molecule has 114 valence electrons. The quantitative estimate of drug-likeness (QED) is 0.782. The van der Waals surface area contributed by atoms with Crippen LogP contribution in [0.3, 0.4) is 0 Å². The minimum atomic E-state index is -0.387. The molecule has 0 radical (unpaired) electrons. The second-order valence-electron chi connectivity index (χ2n) is 5.64. The van der Waals surface area contributed by atoms with Gasteiger partial charge in [0.25, 0.3) is 0 Å². The summed E-state index contributed by atoms with van der Waals surface area (Å²) in [6.45, 7) is 2.60. The fourth-order valence-electron chi connectivity index (χ4n) is 2.85. The lowest BCUT2D eigenvalue weighted by molar-refractivity contribution is -0.152. The molecule has 1 aliphatic heterocycles. The van der Waals surface area contributed by atoms with Crippen molar-refractivity contribution in [2.45, 2.75) is 38.6 Å². The maximum atomic E-state index is 12.5. The lowest BCUT2D eigenvalue weighted by atomic mass is 9.99. The summed E-state index contributed by atoms with van der Waals surface area (Å²) in [7, 11) is 1.38. The molecule has 1 amide bonds. The van der Waals surface area contributed by atoms with E-state index in [1.54, 1.807) is 4.90 Å². The number of benzene rings is 1. The largest absolute Gasteiger partial charge is 0.467 e. The van der Waals surface area contributed by atoms with Crippen molar-refractivity contribution in [2.24, 2.45) is 5.92 Å². The summed E-state index contributed by atoms with van der Waals surface area (Å²) in [5, 5.41) is 0. The SMILES string of the molecule is COC(=O)[C@@H]1CCCN1C(=O)[C@H](C)CCc1ccccc1. The molecule has 1 saturated heterocycles. The van der Waals surface area contributed by atoms with E-state index in [4.69, 9.17) is 4.74 Å². The van der Waals surface area contributed by atoms with Gasteiger partial charge in [-0.15, -0.1) is 0 Å². The van der Waals surface area contributed by atoms with Crippen LogP contribution in [0.2, 0.25) is 0 Å². The van der Waals surface area contributed by atoms with Crippen LogP contribution in [-0.4, -0.2) is 36.5 Å². The number of hydrogen-bond donors (Lipinski definition) is 0. The van der Waals surface area contributed by atoms with Gasteiger partial charge in [-0.3, -0.25) is 4.79 Å². The smallest absolute Gasteiger partial charge is 0.328 e. The molecule has 2 atom stereocenters. The van der Waals surface area contributed by atoms with Gasteiger partial charge >= 0.3 is 5.97 Å². The van der Waals surface area contributed by atoms with Crippen molar-refractivity contribution in [3.05, 3.63) is 35.9 Å². The van der Waals surface area contributed by atoms with Crippen LogP contribution < -0.4 is 0 Å². The van der Waals surface area contributed by atoms with Gasteiger partial charge in [0.1, 0.15) is 6.04 Å². The molecule has 4 heteroatoms. The summed E-state index contributed by atoms with van der Waals surface area (Å²) in [6.07, 6.45) is 3.26. The highest BCUT2D eigenvalue weighted by Gasteiger charge is 2.36. The number of nitrogens with zero attached hydrogens (tertiary/aromatic N) is 1. The Hall–Kier alpha value is -1.84. The van der Waals surface area contributed by atoms with Crippen LogP contribution in [0.25, 0.3) is 0 Å². The van der Waals surface area contributed by atoms with Crippen molar-refractivity contribution >= 4 is 11.9 Å². The minimum absolute atomic E-state index is 0.0684. The minimum Gasteiger partial charge on any atom is -0.467 e. The second-order valence-corrected chi connectivity index (χ2v) is 5.64. The number of aryl methyl sites for hydroxylation is 1. The van der Waals surface area contributed by atoms with E-state index in [0.717, 1.165) is 19.3 Å². The van der Waals surface area contributed by atoms with E-state index < -0.39 is 0 Å². The molecular weight excluding hydrogens is 266 g/mol. The molecule has 1 fully saturated rings. The predicted octanol–water partition coefficient (Wildman–Crippen LogP) is 2.42. The lowest BCUT2D eigenvalue weighted by Crippen LogP contribution is -2.43. The van der Waals surface area contributed by atoms with Gasteiger partial charge in [-0.1, -0.05) is 37.3 Å². The molecule has 0 aromatic heterocycles. The van der Waals surface area contributed by atoms with Crippen molar-refractivity contribution < 1.29 is 14.3 Å². The Morgan fingerprint density at radius 2 is 2.05 bits per heavy atom. The second kappa shape index (κ2) is 7.25. The molecule has 1 heterocycles. The number of ether oxygens (including phenoxy) is 1. The zero-order valence-electron chi connectivity index (χ0n) is 12.7. The monoisotopic (exact) mass is 289 g/mol. The first kappa shape index (κ1) is 15.5. The number of hydrogen-bond acceptors (Lipinski definition) is 3. The van der Waals surface area contributed by atoms with E-state index in [1.165, 1.54) is 12.7 Å². The Morgan fingerprint density at radius 1 is 1.33 bits per heavy atom. The highest BCUT2D eigenvalue weighted by molar-refractivity contribution is 5.86. The van der Waals surface area contributed by atoms with Crippen LogP contribution in [0.4, 0.5) is 0 Å². The Kier molecular flexibility index (Phi) is 5.37. The fraction of sp³-hybridized carbons (Fsp3) is 0.529. The third-order valence-corrected chi connectivity index (χ3v) is 4.14. The van der Waals surface area contributed by atoms with Gasteiger partial charge in [0.05, 0.1) is 7.11 Å². The molecule has 1 aromatic rings. The first-order valence-corrected chi connectivity index (χ1v) is 7.55. The molecule has 0 N–H and O–H groups in total. The van der Waals surface area contributed by atoms with Gasteiger partial charge in [-0.25, -0.2) is 4.79 Å². The maximum Gasteiger partial charge on any atom is 0.328 e. The Morgan fingerprint density at radius 3 is 2.71 bits per heavy atom. The standard InChI is InChI=1S/C17H23NO3/c1-13(10-11-14-7-4-3-5-8-14)16(19)18-12-6-9-15(18)17(20)21-2/h3-5,7-8,13,15H,6,9-12H2,1-2H3/t13-,15+/m1/s1. The van der Waals surface area contributed by atoms with Crippen molar-refractivity contribution in [3.8, 4) is 0 Å². The number of carbonyl (C=O) groups is 2. The Labute approximate surface area is 126 Å². The molecule has 0 saturated carbocycles. The Bertz CT molecular complexity index is 486. The average Bonchev–Trinajstić information content (AvgIpc) is 3.01. The molecule has 0 spiro atoms. The third kappa shape index (κ3) is 3.84. The van der Waals surface area contributed by atoms with Gasteiger partial charge in [0.15, 0.2) is 0 Å². The van der Waals surface area contributed by atoms with Crippen LogP contribution in [0.15, 0.2) is 30.3 Å². The number of carbonyl (C=O) groups excluding carboxylic acids is 2. The number of amides is 1.